The van der Waals surface area contributed by atoms with Crippen LogP contribution in [0.25, 0.3) is 0 Å². The summed E-state index contributed by atoms with van der Waals surface area (Å²) in [5.74, 6) is 1.19. The van der Waals surface area contributed by atoms with E-state index in [4.69, 9.17) is 5.73 Å². The van der Waals surface area contributed by atoms with E-state index in [1.807, 2.05) is 13.0 Å². The third kappa shape index (κ3) is 4.05. The highest BCUT2D eigenvalue weighted by molar-refractivity contribution is 7.89. The lowest BCUT2D eigenvalue weighted by atomic mass is 10.1. The second-order valence-electron chi connectivity index (χ2n) is 6.12. The van der Waals surface area contributed by atoms with E-state index in [-0.39, 0.29) is 0 Å². The van der Waals surface area contributed by atoms with E-state index in [0.29, 0.717) is 29.8 Å². The lowest BCUT2D eigenvalue weighted by Gasteiger charge is -2.13. The van der Waals surface area contributed by atoms with Crippen molar-refractivity contribution >= 4 is 10.0 Å². The summed E-state index contributed by atoms with van der Waals surface area (Å²) in [5.41, 5.74) is 7.74. The summed E-state index contributed by atoms with van der Waals surface area (Å²) >= 11 is 0. The van der Waals surface area contributed by atoms with Gasteiger partial charge in [-0.3, -0.25) is 0 Å². The number of benzene rings is 1. The maximum absolute atomic E-state index is 12.4. The molecule has 1 aliphatic carbocycles. The molecular weight excluding hydrogens is 284 g/mol. The van der Waals surface area contributed by atoms with Crippen LogP contribution in [0.3, 0.4) is 0 Å². The highest BCUT2D eigenvalue weighted by atomic mass is 32.2. The first-order chi connectivity index (χ1) is 9.96. The molecular formula is C16H26N2O2S. The minimum atomic E-state index is -3.43. The Balaban J connectivity index is 2.08. The van der Waals surface area contributed by atoms with Gasteiger partial charge in [-0.25, -0.2) is 13.1 Å². The van der Waals surface area contributed by atoms with Crippen molar-refractivity contribution in [3.05, 3.63) is 29.3 Å². The molecule has 0 aliphatic heterocycles. The summed E-state index contributed by atoms with van der Waals surface area (Å²) in [6.07, 6.45) is 4.30. The maximum Gasteiger partial charge on any atom is 0.240 e. The Morgan fingerprint density at radius 2 is 2.05 bits per heavy atom. The number of aryl methyl sites for hydroxylation is 1. The molecule has 0 heterocycles. The Labute approximate surface area is 128 Å². The average molecular weight is 310 g/mol. The van der Waals surface area contributed by atoms with E-state index in [9.17, 15) is 8.42 Å². The zero-order chi connectivity index (χ0) is 15.5. The molecule has 1 fully saturated rings. The standard InChI is InChI=1S/C16H26N2O2S/c1-3-14-6-7-16(9-15(14)10-17)21(19,20)18-11-13-5-4-12(2)8-13/h6-7,9,12-13,18H,3-5,8,10-11,17H2,1-2H3. The quantitative estimate of drug-likeness (QED) is 0.847. The molecule has 2 rings (SSSR count). The molecule has 1 aromatic carbocycles. The van der Waals surface area contributed by atoms with Gasteiger partial charge in [-0.1, -0.05) is 26.3 Å². The van der Waals surface area contributed by atoms with E-state index in [0.717, 1.165) is 30.4 Å². The SMILES string of the molecule is CCc1ccc(S(=O)(=O)NCC2CCC(C)C2)cc1CN. The van der Waals surface area contributed by atoms with Crippen LogP contribution in [0.1, 0.15) is 44.2 Å². The van der Waals surface area contributed by atoms with Crippen molar-refractivity contribution in [3.63, 3.8) is 0 Å². The third-order valence-corrected chi connectivity index (χ3v) is 5.88. The first-order valence-corrected chi connectivity index (χ1v) is 9.26. The van der Waals surface area contributed by atoms with Gasteiger partial charge in [0.2, 0.25) is 10.0 Å². The van der Waals surface area contributed by atoms with E-state index in [1.54, 1.807) is 12.1 Å². The van der Waals surface area contributed by atoms with E-state index < -0.39 is 10.0 Å². The Hall–Kier alpha value is -0.910. The number of nitrogens with one attached hydrogen (secondary N) is 1. The largest absolute Gasteiger partial charge is 0.326 e. The van der Waals surface area contributed by atoms with Gasteiger partial charge in [0, 0.05) is 13.1 Å². The van der Waals surface area contributed by atoms with Crippen LogP contribution >= 0.6 is 0 Å². The number of hydrogen-bond acceptors (Lipinski definition) is 3. The fraction of sp³-hybridized carbons (Fsp3) is 0.625. The van der Waals surface area contributed by atoms with Crippen LogP contribution in [0.15, 0.2) is 23.1 Å². The van der Waals surface area contributed by atoms with Gasteiger partial charge in [0.25, 0.3) is 0 Å². The normalized spacial score (nSPS) is 22.6. The van der Waals surface area contributed by atoms with Crippen LogP contribution in [0, 0.1) is 11.8 Å². The first-order valence-electron chi connectivity index (χ1n) is 7.77. The van der Waals surface area contributed by atoms with Crippen molar-refractivity contribution < 1.29 is 8.42 Å². The smallest absolute Gasteiger partial charge is 0.240 e. The summed E-state index contributed by atoms with van der Waals surface area (Å²) in [6, 6.07) is 5.25. The molecule has 3 N–H and O–H groups in total. The fourth-order valence-electron chi connectivity index (χ4n) is 3.13. The minimum Gasteiger partial charge on any atom is -0.326 e. The van der Waals surface area contributed by atoms with Gasteiger partial charge >= 0.3 is 0 Å². The monoisotopic (exact) mass is 310 g/mol. The molecule has 1 aromatic rings. The lowest BCUT2D eigenvalue weighted by Crippen LogP contribution is -2.28. The van der Waals surface area contributed by atoms with Gasteiger partial charge in [0.15, 0.2) is 0 Å². The molecule has 0 bridgehead atoms. The molecule has 0 aromatic heterocycles. The number of rotatable bonds is 6. The van der Waals surface area contributed by atoms with Gasteiger partial charge in [-0.15, -0.1) is 0 Å². The molecule has 1 aliphatic rings. The molecule has 5 heteroatoms. The molecule has 21 heavy (non-hydrogen) atoms. The third-order valence-electron chi connectivity index (χ3n) is 4.45. The molecule has 118 valence electrons. The molecule has 2 atom stereocenters. The van der Waals surface area contributed by atoms with E-state index in [1.165, 1.54) is 6.42 Å². The van der Waals surface area contributed by atoms with Gasteiger partial charge in [0.1, 0.15) is 0 Å². The lowest BCUT2D eigenvalue weighted by molar-refractivity contribution is 0.498. The summed E-state index contributed by atoms with van der Waals surface area (Å²) in [5, 5.41) is 0. The summed E-state index contributed by atoms with van der Waals surface area (Å²) < 4.78 is 27.5. The van der Waals surface area contributed by atoms with Crippen molar-refractivity contribution in [2.45, 2.75) is 51.0 Å². The highest BCUT2D eigenvalue weighted by Crippen LogP contribution is 2.30. The second kappa shape index (κ2) is 6.90. The first kappa shape index (κ1) is 16.5. The van der Waals surface area contributed by atoms with Crippen LogP contribution in [0.4, 0.5) is 0 Å². The van der Waals surface area contributed by atoms with Crippen LogP contribution in [0.5, 0.6) is 0 Å². The van der Waals surface area contributed by atoms with Crippen molar-refractivity contribution in [1.29, 1.82) is 0 Å². The van der Waals surface area contributed by atoms with Crippen molar-refractivity contribution in [2.75, 3.05) is 6.54 Å². The Morgan fingerprint density at radius 3 is 2.62 bits per heavy atom. The van der Waals surface area contributed by atoms with Crippen LogP contribution in [0.2, 0.25) is 0 Å². The van der Waals surface area contributed by atoms with Crippen molar-refractivity contribution in [1.82, 2.24) is 4.72 Å². The summed E-state index contributed by atoms with van der Waals surface area (Å²) in [4.78, 5) is 0.325. The number of sulfonamides is 1. The highest BCUT2D eigenvalue weighted by Gasteiger charge is 2.23. The Bertz CT molecular complexity index is 584. The molecule has 0 radical (unpaired) electrons. The minimum absolute atomic E-state index is 0.325. The Kier molecular flexibility index (Phi) is 5.41. The molecule has 4 nitrogen and oxygen atoms in total. The molecule has 2 unspecified atom stereocenters. The predicted octanol–water partition coefficient (Wildman–Crippen LogP) is 2.42. The second-order valence-corrected chi connectivity index (χ2v) is 7.89. The van der Waals surface area contributed by atoms with Gasteiger partial charge in [-0.05, 0) is 54.4 Å². The van der Waals surface area contributed by atoms with Crippen LogP contribution in [-0.4, -0.2) is 15.0 Å². The van der Waals surface area contributed by atoms with Crippen LogP contribution in [-0.2, 0) is 23.0 Å². The maximum atomic E-state index is 12.4. The van der Waals surface area contributed by atoms with E-state index >= 15 is 0 Å². The number of hydrogen-bond donors (Lipinski definition) is 2. The Morgan fingerprint density at radius 1 is 1.29 bits per heavy atom. The zero-order valence-electron chi connectivity index (χ0n) is 12.9. The van der Waals surface area contributed by atoms with Crippen LogP contribution < -0.4 is 10.5 Å². The van der Waals surface area contributed by atoms with Gasteiger partial charge in [0.05, 0.1) is 4.90 Å². The molecule has 1 saturated carbocycles. The van der Waals surface area contributed by atoms with Gasteiger partial charge in [-0.2, -0.15) is 0 Å². The zero-order valence-corrected chi connectivity index (χ0v) is 13.7. The van der Waals surface area contributed by atoms with Crippen molar-refractivity contribution in [3.8, 4) is 0 Å². The average Bonchev–Trinajstić information content (AvgIpc) is 2.90. The summed E-state index contributed by atoms with van der Waals surface area (Å²) in [7, 11) is -3.43. The molecule has 0 spiro atoms. The fourth-order valence-corrected chi connectivity index (χ4v) is 4.29. The molecule has 0 amide bonds. The predicted molar refractivity (Wildman–Crippen MR) is 85.4 cm³/mol. The van der Waals surface area contributed by atoms with Gasteiger partial charge < -0.3 is 5.73 Å². The topological polar surface area (TPSA) is 72.2 Å². The van der Waals surface area contributed by atoms with E-state index in [2.05, 4.69) is 11.6 Å². The molecule has 0 saturated heterocycles. The summed E-state index contributed by atoms with van der Waals surface area (Å²) in [6.45, 7) is 5.18. The number of nitrogens with two attached hydrogens (primary N) is 1. The van der Waals surface area contributed by atoms with Crippen molar-refractivity contribution in [2.24, 2.45) is 17.6 Å².